The molecule has 0 radical (unpaired) electrons. The summed E-state index contributed by atoms with van der Waals surface area (Å²) in [5, 5.41) is 6.38. The van der Waals surface area contributed by atoms with E-state index in [1.807, 2.05) is 0 Å². The molecule has 0 atom stereocenters. The summed E-state index contributed by atoms with van der Waals surface area (Å²) < 4.78 is 26.2. The summed E-state index contributed by atoms with van der Waals surface area (Å²) in [4.78, 5) is 10.6. The Bertz CT molecular complexity index is 599. The highest BCUT2D eigenvalue weighted by molar-refractivity contribution is 5.91. The van der Waals surface area contributed by atoms with Gasteiger partial charge in [-0.05, 0) is 18.2 Å². The van der Waals surface area contributed by atoms with Gasteiger partial charge in [0.25, 0.3) is 0 Å². The number of nitrogens with zero attached hydrogens (tertiary/aromatic N) is 1. The summed E-state index contributed by atoms with van der Waals surface area (Å²) in [7, 11) is 0. The first-order chi connectivity index (χ1) is 8.56. The lowest BCUT2D eigenvalue weighted by Crippen LogP contribution is -2.05. The monoisotopic (exact) mass is 249 g/mol. The number of H-pyrrole nitrogens is 1. The maximum atomic E-state index is 13.1. The molecular formula is C12H9F2N3O. The maximum absolute atomic E-state index is 13.1. The maximum Gasteiger partial charge on any atom is 0.241 e. The normalized spacial score (nSPS) is 11.0. The van der Waals surface area contributed by atoms with Crippen LogP contribution in [-0.4, -0.2) is 16.1 Å². The third kappa shape index (κ3) is 2.60. The van der Waals surface area contributed by atoms with Crippen molar-refractivity contribution in [3.05, 3.63) is 47.7 Å². The zero-order valence-electron chi connectivity index (χ0n) is 9.15. The van der Waals surface area contributed by atoms with Gasteiger partial charge in [0.15, 0.2) is 0 Å². The standard InChI is InChI=1S/C12H9F2N3O/c13-9-3-8(4-10(14)5-9)12-7(6-16-17-12)1-2-11(15)18/h1-6H,(H2,15,18)(H,16,17)/b2-1-. The molecule has 0 aliphatic rings. The van der Waals surface area contributed by atoms with Crippen LogP contribution in [0.2, 0.25) is 0 Å². The second-order valence-electron chi connectivity index (χ2n) is 3.59. The Kier molecular flexibility index (Phi) is 3.18. The first-order valence-corrected chi connectivity index (χ1v) is 5.03. The minimum atomic E-state index is -0.690. The number of rotatable bonds is 3. The zero-order chi connectivity index (χ0) is 13.1. The van der Waals surface area contributed by atoms with Crippen LogP contribution in [0.4, 0.5) is 8.78 Å². The van der Waals surface area contributed by atoms with Gasteiger partial charge in [-0.25, -0.2) is 8.78 Å². The smallest absolute Gasteiger partial charge is 0.241 e. The summed E-state index contributed by atoms with van der Waals surface area (Å²) in [5.74, 6) is -2.00. The van der Waals surface area contributed by atoms with Gasteiger partial charge in [-0.2, -0.15) is 5.10 Å². The molecule has 0 aliphatic heterocycles. The largest absolute Gasteiger partial charge is 0.366 e. The lowest BCUT2D eigenvalue weighted by molar-refractivity contribution is -0.113. The molecule has 1 heterocycles. The van der Waals surface area contributed by atoms with Crippen LogP contribution in [0.3, 0.4) is 0 Å². The first-order valence-electron chi connectivity index (χ1n) is 5.03. The van der Waals surface area contributed by atoms with Crippen molar-refractivity contribution in [1.29, 1.82) is 0 Å². The molecule has 0 bridgehead atoms. The van der Waals surface area contributed by atoms with E-state index >= 15 is 0 Å². The Hall–Kier alpha value is -2.50. The number of carbonyl (C=O) groups is 1. The van der Waals surface area contributed by atoms with E-state index in [2.05, 4.69) is 10.2 Å². The Balaban J connectivity index is 2.45. The van der Waals surface area contributed by atoms with Crippen LogP contribution in [0.1, 0.15) is 5.56 Å². The van der Waals surface area contributed by atoms with E-state index in [0.29, 0.717) is 16.8 Å². The van der Waals surface area contributed by atoms with Crippen molar-refractivity contribution in [3.8, 4) is 11.3 Å². The van der Waals surface area contributed by atoms with Crippen molar-refractivity contribution in [2.24, 2.45) is 5.73 Å². The molecule has 0 spiro atoms. The van der Waals surface area contributed by atoms with Gasteiger partial charge in [-0.1, -0.05) is 0 Å². The van der Waals surface area contributed by atoms with E-state index in [4.69, 9.17) is 5.73 Å². The number of nitrogens with one attached hydrogen (secondary N) is 1. The molecule has 6 heteroatoms. The summed E-state index contributed by atoms with van der Waals surface area (Å²) in [6.07, 6.45) is 3.99. The Morgan fingerprint density at radius 1 is 1.28 bits per heavy atom. The van der Waals surface area contributed by atoms with Crippen LogP contribution >= 0.6 is 0 Å². The minimum absolute atomic E-state index is 0.300. The van der Waals surface area contributed by atoms with Crippen molar-refractivity contribution >= 4 is 12.0 Å². The zero-order valence-corrected chi connectivity index (χ0v) is 9.15. The van der Waals surface area contributed by atoms with Crippen molar-refractivity contribution in [1.82, 2.24) is 10.2 Å². The minimum Gasteiger partial charge on any atom is -0.366 e. The number of aromatic amines is 1. The van der Waals surface area contributed by atoms with Crippen molar-refractivity contribution in [3.63, 3.8) is 0 Å². The van der Waals surface area contributed by atoms with Crippen LogP contribution in [0, 0.1) is 11.6 Å². The Labute approximate surface area is 101 Å². The topological polar surface area (TPSA) is 71.8 Å². The number of carbonyl (C=O) groups excluding carboxylic acids is 1. The summed E-state index contributed by atoms with van der Waals surface area (Å²) in [6.45, 7) is 0. The number of hydrogen-bond acceptors (Lipinski definition) is 2. The third-order valence-corrected chi connectivity index (χ3v) is 2.25. The van der Waals surface area contributed by atoms with E-state index in [-0.39, 0.29) is 0 Å². The highest BCUT2D eigenvalue weighted by Gasteiger charge is 2.08. The number of hydrogen-bond donors (Lipinski definition) is 2. The molecule has 1 amide bonds. The lowest BCUT2D eigenvalue weighted by atomic mass is 10.1. The van der Waals surface area contributed by atoms with Gasteiger partial charge in [0.1, 0.15) is 11.6 Å². The fourth-order valence-corrected chi connectivity index (χ4v) is 1.52. The molecule has 0 saturated heterocycles. The van der Waals surface area contributed by atoms with Gasteiger partial charge in [0, 0.05) is 23.3 Å². The van der Waals surface area contributed by atoms with E-state index < -0.39 is 17.5 Å². The van der Waals surface area contributed by atoms with Crippen LogP contribution in [0.15, 0.2) is 30.5 Å². The molecular weight excluding hydrogens is 240 g/mol. The van der Waals surface area contributed by atoms with Crippen LogP contribution in [0.5, 0.6) is 0 Å². The number of primary amides is 1. The van der Waals surface area contributed by atoms with Gasteiger partial charge in [0.05, 0.1) is 11.9 Å². The molecule has 0 fully saturated rings. The molecule has 0 saturated carbocycles. The molecule has 18 heavy (non-hydrogen) atoms. The van der Waals surface area contributed by atoms with Crippen LogP contribution < -0.4 is 5.73 Å². The molecule has 2 aromatic rings. The summed E-state index contributed by atoms with van der Waals surface area (Å²) >= 11 is 0. The summed E-state index contributed by atoms with van der Waals surface area (Å²) in [6, 6.07) is 3.11. The van der Waals surface area contributed by atoms with E-state index in [1.54, 1.807) is 0 Å². The lowest BCUT2D eigenvalue weighted by Gasteiger charge is -2.00. The molecule has 3 N–H and O–H groups in total. The second kappa shape index (κ2) is 4.79. The third-order valence-electron chi connectivity index (χ3n) is 2.25. The fourth-order valence-electron chi connectivity index (χ4n) is 1.52. The molecule has 4 nitrogen and oxygen atoms in total. The summed E-state index contributed by atoms with van der Waals surface area (Å²) in [5.41, 5.74) is 6.19. The molecule has 0 aliphatic carbocycles. The molecule has 92 valence electrons. The van der Waals surface area contributed by atoms with Crippen LogP contribution in [-0.2, 0) is 4.79 Å². The Morgan fingerprint density at radius 2 is 1.94 bits per heavy atom. The number of benzene rings is 1. The van der Waals surface area contributed by atoms with Crippen LogP contribution in [0.25, 0.3) is 17.3 Å². The first kappa shape index (κ1) is 12.0. The van der Waals surface area contributed by atoms with Crippen molar-refractivity contribution in [2.45, 2.75) is 0 Å². The number of amides is 1. The van der Waals surface area contributed by atoms with Gasteiger partial charge in [-0.15, -0.1) is 0 Å². The molecule has 1 aromatic carbocycles. The van der Waals surface area contributed by atoms with Gasteiger partial charge >= 0.3 is 0 Å². The quantitative estimate of drug-likeness (QED) is 0.815. The predicted molar refractivity (Wildman–Crippen MR) is 62.2 cm³/mol. The molecule has 1 aromatic heterocycles. The van der Waals surface area contributed by atoms with Gasteiger partial charge in [-0.3, -0.25) is 9.89 Å². The average Bonchev–Trinajstić information content (AvgIpc) is 2.72. The predicted octanol–water partition coefficient (Wildman–Crippen LogP) is 1.85. The second-order valence-corrected chi connectivity index (χ2v) is 3.59. The fraction of sp³-hybridized carbons (Fsp3) is 0. The number of aromatic nitrogens is 2. The highest BCUT2D eigenvalue weighted by atomic mass is 19.1. The average molecular weight is 249 g/mol. The van der Waals surface area contributed by atoms with Gasteiger partial charge in [0.2, 0.25) is 5.91 Å². The van der Waals surface area contributed by atoms with Crippen molar-refractivity contribution in [2.75, 3.05) is 0 Å². The van der Waals surface area contributed by atoms with Crippen molar-refractivity contribution < 1.29 is 13.6 Å². The van der Waals surface area contributed by atoms with E-state index in [9.17, 15) is 13.6 Å². The SMILES string of the molecule is NC(=O)/C=C\c1cn[nH]c1-c1cc(F)cc(F)c1. The van der Waals surface area contributed by atoms with Gasteiger partial charge < -0.3 is 5.73 Å². The number of halogens is 2. The Morgan fingerprint density at radius 3 is 2.56 bits per heavy atom. The molecule has 2 rings (SSSR count). The molecule has 0 unspecified atom stereocenters. The number of nitrogens with two attached hydrogens (primary N) is 1. The van der Waals surface area contributed by atoms with E-state index in [1.165, 1.54) is 12.3 Å². The highest BCUT2D eigenvalue weighted by Crippen LogP contribution is 2.23. The van der Waals surface area contributed by atoms with E-state index in [0.717, 1.165) is 24.3 Å².